The van der Waals surface area contributed by atoms with Crippen molar-refractivity contribution in [3.8, 4) is 0 Å². The fourth-order valence-corrected chi connectivity index (χ4v) is 2.34. The predicted molar refractivity (Wildman–Crippen MR) is 76.4 cm³/mol. The third kappa shape index (κ3) is 2.96. The number of ketones is 1. The van der Waals surface area contributed by atoms with Crippen LogP contribution in [0.5, 0.6) is 0 Å². The average Bonchev–Trinajstić information content (AvgIpc) is 3.24. The molecule has 0 saturated heterocycles. The van der Waals surface area contributed by atoms with Crippen LogP contribution in [0.1, 0.15) is 37.0 Å². The number of carbonyl (C=O) groups excluding carboxylic acids is 2. The molecule has 0 radical (unpaired) electrons. The van der Waals surface area contributed by atoms with Gasteiger partial charge in [0.2, 0.25) is 5.91 Å². The molecule has 7 heteroatoms. The van der Waals surface area contributed by atoms with Crippen LogP contribution in [0.25, 0.3) is 0 Å². The SMILES string of the molecule is CCN(C(=O)Cn1cc(C(C)=O)c(=O)n(C)c1=O)C1CC1. The highest BCUT2D eigenvalue weighted by Gasteiger charge is 2.31. The Bertz CT molecular complexity index is 697. The Kier molecular flexibility index (Phi) is 4.11. The molecule has 0 unspecified atom stereocenters. The van der Waals surface area contributed by atoms with Crippen molar-refractivity contribution in [2.24, 2.45) is 7.05 Å². The van der Waals surface area contributed by atoms with Crippen molar-refractivity contribution < 1.29 is 9.59 Å². The number of Topliss-reactive ketones (excluding diaryl/α,β-unsaturated/α-hetero) is 1. The zero-order valence-electron chi connectivity index (χ0n) is 12.5. The van der Waals surface area contributed by atoms with Crippen molar-refractivity contribution in [1.29, 1.82) is 0 Å². The normalized spacial score (nSPS) is 14.0. The third-order valence-corrected chi connectivity index (χ3v) is 3.69. The van der Waals surface area contributed by atoms with Crippen molar-refractivity contribution in [2.45, 2.75) is 39.3 Å². The van der Waals surface area contributed by atoms with E-state index < -0.39 is 17.0 Å². The molecule has 21 heavy (non-hydrogen) atoms. The van der Waals surface area contributed by atoms with E-state index in [1.165, 1.54) is 20.2 Å². The lowest BCUT2D eigenvalue weighted by Crippen LogP contribution is -2.44. The number of aromatic nitrogens is 2. The smallest absolute Gasteiger partial charge is 0.331 e. The third-order valence-electron chi connectivity index (χ3n) is 3.69. The molecule has 1 aromatic rings. The summed E-state index contributed by atoms with van der Waals surface area (Å²) < 4.78 is 1.99. The van der Waals surface area contributed by atoms with Gasteiger partial charge in [0.25, 0.3) is 5.56 Å². The van der Waals surface area contributed by atoms with Gasteiger partial charge in [-0.25, -0.2) is 4.79 Å². The second-order valence-corrected chi connectivity index (χ2v) is 5.28. The fraction of sp³-hybridized carbons (Fsp3) is 0.571. The molecule has 0 aromatic carbocycles. The Morgan fingerprint density at radius 3 is 2.43 bits per heavy atom. The minimum atomic E-state index is -0.634. The zero-order chi connectivity index (χ0) is 15.7. The highest BCUT2D eigenvalue weighted by molar-refractivity contribution is 5.93. The molecular weight excluding hydrogens is 274 g/mol. The second-order valence-electron chi connectivity index (χ2n) is 5.28. The zero-order valence-corrected chi connectivity index (χ0v) is 12.5. The van der Waals surface area contributed by atoms with E-state index in [-0.39, 0.29) is 24.1 Å². The molecule has 0 spiro atoms. The molecule has 1 fully saturated rings. The number of carbonyl (C=O) groups is 2. The van der Waals surface area contributed by atoms with Crippen molar-refractivity contribution >= 4 is 11.7 Å². The monoisotopic (exact) mass is 293 g/mol. The van der Waals surface area contributed by atoms with E-state index in [0.29, 0.717) is 6.54 Å². The Hall–Kier alpha value is -2.18. The van der Waals surface area contributed by atoms with Crippen LogP contribution in [-0.2, 0) is 18.4 Å². The first-order valence-corrected chi connectivity index (χ1v) is 6.97. The molecule has 1 aromatic heterocycles. The van der Waals surface area contributed by atoms with Gasteiger partial charge in [0, 0.05) is 25.8 Å². The standard InChI is InChI=1S/C14H19N3O4/c1-4-17(10-5-6-10)12(19)8-16-7-11(9(2)18)13(20)15(3)14(16)21/h7,10H,4-6,8H2,1-3H3. The summed E-state index contributed by atoms with van der Waals surface area (Å²) in [6.45, 7) is 3.58. The lowest BCUT2D eigenvalue weighted by Gasteiger charge is -2.21. The van der Waals surface area contributed by atoms with Gasteiger partial charge in [-0.1, -0.05) is 0 Å². The molecule has 0 N–H and O–H groups in total. The number of likely N-dealkylation sites (N-methyl/N-ethyl adjacent to an activating group) is 1. The minimum absolute atomic E-state index is 0.0839. The molecule has 2 rings (SSSR count). The fourth-order valence-electron chi connectivity index (χ4n) is 2.34. The molecule has 1 amide bonds. The number of amides is 1. The van der Waals surface area contributed by atoms with Gasteiger partial charge in [0.05, 0.1) is 5.56 Å². The van der Waals surface area contributed by atoms with Crippen LogP contribution in [-0.4, -0.2) is 38.3 Å². The summed E-state index contributed by atoms with van der Waals surface area (Å²) in [5, 5.41) is 0. The number of hydrogen-bond acceptors (Lipinski definition) is 4. The van der Waals surface area contributed by atoms with Gasteiger partial charge in [-0.3, -0.25) is 23.5 Å². The summed E-state index contributed by atoms with van der Waals surface area (Å²) in [5.41, 5.74) is -1.31. The van der Waals surface area contributed by atoms with Gasteiger partial charge in [-0.05, 0) is 26.7 Å². The van der Waals surface area contributed by atoms with E-state index in [4.69, 9.17) is 0 Å². The summed E-state index contributed by atoms with van der Waals surface area (Å²) in [6.07, 6.45) is 3.16. The van der Waals surface area contributed by atoms with E-state index in [0.717, 1.165) is 22.0 Å². The highest BCUT2D eigenvalue weighted by Crippen LogP contribution is 2.26. The maximum atomic E-state index is 12.2. The van der Waals surface area contributed by atoms with Crippen molar-refractivity contribution in [2.75, 3.05) is 6.54 Å². The maximum absolute atomic E-state index is 12.2. The topological polar surface area (TPSA) is 81.4 Å². The van der Waals surface area contributed by atoms with Gasteiger partial charge >= 0.3 is 5.69 Å². The summed E-state index contributed by atoms with van der Waals surface area (Å²) in [7, 11) is 1.30. The van der Waals surface area contributed by atoms with E-state index in [9.17, 15) is 19.2 Å². The molecule has 1 heterocycles. The summed E-state index contributed by atoms with van der Waals surface area (Å²) >= 11 is 0. The quantitative estimate of drug-likeness (QED) is 0.702. The molecule has 1 saturated carbocycles. The largest absolute Gasteiger partial charge is 0.338 e. The average molecular weight is 293 g/mol. The molecular formula is C14H19N3O4. The van der Waals surface area contributed by atoms with E-state index >= 15 is 0 Å². The molecule has 114 valence electrons. The van der Waals surface area contributed by atoms with Crippen molar-refractivity contribution in [3.63, 3.8) is 0 Å². The summed E-state index contributed by atoms with van der Waals surface area (Å²) in [5.74, 6) is -0.596. The second kappa shape index (κ2) is 5.67. The number of rotatable bonds is 5. The van der Waals surface area contributed by atoms with Gasteiger partial charge < -0.3 is 4.90 Å². The Morgan fingerprint density at radius 1 is 1.33 bits per heavy atom. The molecule has 1 aliphatic rings. The lowest BCUT2D eigenvalue weighted by molar-refractivity contribution is -0.132. The minimum Gasteiger partial charge on any atom is -0.338 e. The van der Waals surface area contributed by atoms with Crippen LogP contribution in [0, 0.1) is 0 Å². The van der Waals surface area contributed by atoms with Crippen LogP contribution in [0.4, 0.5) is 0 Å². The highest BCUT2D eigenvalue weighted by atomic mass is 16.2. The van der Waals surface area contributed by atoms with E-state index in [1.54, 1.807) is 4.90 Å². The number of nitrogens with zero attached hydrogens (tertiary/aromatic N) is 3. The first-order chi connectivity index (χ1) is 9.86. The Morgan fingerprint density at radius 2 is 1.95 bits per heavy atom. The van der Waals surface area contributed by atoms with Crippen LogP contribution >= 0.6 is 0 Å². The van der Waals surface area contributed by atoms with Crippen LogP contribution < -0.4 is 11.2 Å². The number of hydrogen-bond donors (Lipinski definition) is 0. The predicted octanol–water partition coefficient (Wildman–Crippen LogP) is -0.239. The lowest BCUT2D eigenvalue weighted by atomic mass is 10.2. The van der Waals surface area contributed by atoms with Gasteiger partial charge in [-0.2, -0.15) is 0 Å². The van der Waals surface area contributed by atoms with Crippen molar-refractivity contribution in [3.05, 3.63) is 32.6 Å². The Balaban J connectivity index is 2.35. The van der Waals surface area contributed by atoms with Crippen LogP contribution in [0.15, 0.2) is 15.8 Å². The summed E-state index contributed by atoms with van der Waals surface area (Å²) in [6, 6.07) is 0.262. The van der Waals surface area contributed by atoms with Gasteiger partial charge in [0.1, 0.15) is 6.54 Å². The molecule has 7 nitrogen and oxygen atoms in total. The van der Waals surface area contributed by atoms with Crippen LogP contribution in [0.2, 0.25) is 0 Å². The molecule has 1 aliphatic carbocycles. The van der Waals surface area contributed by atoms with E-state index in [1.807, 2.05) is 6.92 Å². The van der Waals surface area contributed by atoms with Gasteiger partial charge in [0.15, 0.2) is 5.78 Å². The first kappa shape index (κ1) is 15.2. The summed E-state index contributed by atoms with van der Waals surface area (Å²) in [4.78, 5) is 49.3. The molecule has 0 bridgehead atoms. The maximum Gasteiger partial charge on any atom is 0.331 e. The first-order valence-electron chi connectivity index (χ1n) is 6.97. The Labute approximate surface area is 121 Å². The van der Waals surface area contributed by atoms with Crippen LogP contribution in [0.3, 0.4) is 0 Å². The van der Waals surface area contributed by atoms with Crippen molar-refractivity contribution in [1.82, 2.24) is 14.0 Å². The molecule has 0 aliphatic heterocycles. The van der Waals surface area contributed by atoms with E-state index in [2.05, 4.69) is 0 Å². The van der Waals surface area contributed by atoms with Gasteiger partial charge in [-0.15, -0.1) is 0 Å². The molecule has 0 atom stereocenters.